The molecule has 0 rings (SSSR count). The van der Waals surface area contributed by atoms with Gasteiger partial charge in [0, 0.05) is 19.8 Å². The molecule has 0 bridgehead atoms. The van der Waals surface area contributed by atoms with Crippen LogP contribution in [-0.4, -0.2) is 32.2 Å². The van der Waals surface area contributed by atoms with Gasteiger partial charge >= 0.3 is 13.7 Å². The van der Waals surface area contributed by atoms with Gasteiger partial charge in [-0.3, -0.25) is 4.57 Å². The lowest BCUT2D eigenvalue weighted by molar-refractivity contribution is 0.142. The number of hydrogen-bond donors (Lipinski definition) is 1. The van der Waals surface area contributed by atoms with Gasteiger partial charge in [-0.15, -0.1) is 0 Å². The average molecular weight is 239 g/mol. The van der Waals surface area contributed by atoms with Crippen LogP contribution in [0.15, 0.2) is 0 Å². The Kier molecular flexibility index (Phi) is 5.28. The highest BCUT2D eigenvalue weighted by atomic mass is 31.2. The number of amides is 1. The molecule has 0 aromatic heterocycles. The maximum atomic E-state index is 11.5. The van der Waals surface area contributed by atoms with Crippen LogP contribution < -0.4 is 5.32 Å². The molecule has 0 saturated carbocycles. The normalized spacial score (nSPS) is 12.3. The quantitative estimate of drug-likeness (QED) is 0.759. The van der Waals surface area contributed by atoms with E-state index in [0.717, 1.165) is 0 Å². The first-order chi connectivity index (χ1) is 6.72. The van der Waals surface area contributed by atoms with Gasteiger partial charge in [0.05, 0.1) is 0 Å². The molecule has 0 radical (unpaired) electrons. The van der Waals surface area contributed by atoms with E-state index in [-0.39, 0.29) is 0 Å². The molecule has 90 valence electrons. The number of alkyl carbamates (subject to hydrolysis) is 1. The van der Waals surface area contributed by atoms with Crippen LogP contribution in [0.5, 0.6) is 0 Å². The van der Waals surface area contributed by atoms with Crippen molar-refractivity contribution in [1.29, 1.82) is 0 Å². The Labute approximate surface area is 89.8 Å². The van der Waals surface area contributed by atoms with Crippen molar-refractivity contribution >= 4 is 13.7 Å². The van der Waals surface area contributed by atoms with Crippen LogP contribution >= 0.6 is 7.60 Å². The zero-order chi connectivity index (χ0) is 12.1. The Bertz CT molecular complexity index is 252. The van der Waals surface area contributed by atoms with Gasteiger partial charge in [0.15, 0.2) is 6.35 Å². The van der Waals surface area contributed by atoms with Crippen molar-refractivity contribution in [1.82, 2.24) is 5.32 Å². The lowest BCUT2D eigenvalue weighted by Crippen LogP contribution is -2.41. The zero-order valence-corrected chi connectivity index (χ0v) is 10.6. The second kappa shape index (κ2) is 5.49. The lowest BCUT2D eigenvalue weighted by Gasteiger charge is -2.21. The number of carbonyl (C=O) groups excluding carboxylic acids is 1. The number of nitrogens with one attached hydrogen (secondary N) is 1. The molecule has 0 aliphatic heterocycles. The Balaban J connectivity index is 4.06. The molecule has 0 heterocycles. The number of hydrogen-bond acceptors (Lipinski definition) is 5. The van der Waals surface area contributed by atoms with Gasteiger partial charge < -0.3 is 19.1 Å². The summed E-state index contributed by atoms with van der Waals surface area (Å²) in [6.07, 6.45) is -1.06. The Morgan fingerprint density at radius 2 is 1.73 bits per heavy atom. The molecule has 15 heavy (non-hydrogen) atoms. The predicted octanol–water partition coefficient (Wildman–Crippen LogP) is 1.95. The minimum absolute atomic E-state index is 0.401. The predicted molar refractivity (Wildman–Crippen MR) is 55.9 cm³/mol. The molecule has 0 aliphatic rings. The summed E-state index contributed by atoms with van der Waals surface area (Å²) < 4.78 is 25.4. The zero-order valence-electron chi connectivity index (χ0n) is 9.70. The first-order valence-electron chi connectivity index (χ1n) is 4.38. The average Bonchev–Trinajstić information content (AvgIpc) is 2.12. The van der Waals surface area contributed by atoms with Crippen molar-refractivity contribution in [3.8, 4) is 0 Å². The summed E-state index contributed by atoms with van der Waals surface area (Å²) >= 11 is 0. The Morgan fingerprint density at radius 1 is 1.27 bits per heavy atom. The Hall–Kier alpha value is -0.580. The summed E-state index contributed by atoms with van der Waals surface area (Å²) in [7, 11) is -0.821. The van der Waals surface area contributed by atoms with E-state index in [4.69, 9.17) is 4.74 Å². The highest BCUT2D eigenvalue weighted by Gasteiger charge is 2.24. The van der Waals surface area contributed by atoms with Crippen LogP contribution in [0.25, 0.3) is 0 Å². The van der Waals surface area contributed by atoms with Gasteiger partial charge in [-0.25, -0.2) is 4.79 Å². The van der Waals surface area contributed by atoms with Gasteiger partial charge in [0.2, 0.25) is 0 Å². The van der Waals surface area contributed by atoms with E-state index >= 15 is 0 Å². The molecule has 0 spiro atoms. The van der Waals surface area contributed by atoms with Crippen molar-refractivity contribution in [2.45, 2.75) is 26.3 Å². The van der Waals surface area contributed by atoms with Gasteiger partial charge in [0.25, 0.3) is 0 Å². The fourth-order valence-electron chi connectivity index (χ4n) is 0.660. The van der Waals surface area contributed by atoms with E-state index in [1.807, 2.05) is 0 Å². The number of rotatable bonds is 4. The second-order valence-electron chi connectivity index (χ2n) is 3.91. The molecule has 7 heteroatoms. The highest BCUT2D eigenvalue weighted by molar-refractivity contribution is 7.53. The second-order valence-corrected chi connectivity index (χ2v) is 6.12. The van der Waals surface area contributed by atoms with Gasteiger partial charge in [-0.2, -0.15) is 0 Å². The summed E-state index contributed by atoms with van der Waals surface area (Å²) in [5, 5.41) is 2.55. The van der Waals surface area contributed by atoms with Crippen molar-refractivity contribution in [3.63, 3.8) is 0 Å². The topological polar surface area (TPSA) is 73.9 Å². The van der Waals surface area contributed by atoms with Crippen LogP contribution in [-0.2, 0) is 18.3 Å². The molecule has 0 fully saturated rings. The Morgan fingerprint density at radius 3 is 2.07 bits per heavy atom. The smallest absolute Gasteiger partial charge is 0.408 e. The minimum atomic E-state index is -3.28. The van der Waals surface area contributed by atoms with E-state index < -0.39 is 25.6 Å². The molecule has 0 saturated heterocycles. The fraction of sp³-hybridized carbons (Fsp3) is 0.875. The van der Waals surface area contributed by atoms with Crippen LogP contribution in [0.3, 0.4) is 0 Å². The summed E-state index contributed by atoms with van der Waals surface area (Å²) in [6, 6.07) is 0. The molecule has 0 aliphatic carbocycles. The summed E-state index contributed by atoms with van der Waals surface area (Å²) in [6.45, 7) is 5.42. The van der Waals surface area contributed by atoms with Crippen molar-refractivity contribution < 1.29 is 23.1 Å². The van der Waals surface area contributed by atoms with Crippen molar-refractivity contribution in [3.05, 3.63) is 0 Å². The minimum Gasteiger partial charge on any atom is -0.437 e. The molecular formula is C8H18NO5P. The van der Waals surface area contributed by atoms with Crippen molar-refractivity contribution in [2.24, 2.45) is 0 Å². The molecule has 1 amide bonds. The first-order valence-corrected chi connectivity index (χ1v) is 6.11. The summed E-state index contributed by atoms with van der Waals surface area (Å²) in [5.41, 5.74) is -0.402. The van der Waals surface area contributed by atoms with E-state index in [2.05, 4.69) is 14.4 Å². The third-order valence-corrected chi connectivity index (χ3v) is 2.95. The van der Waals surface area contributed by atoms with Gasteiger partial charge in [-0.1, -0.05) is 0 Å². The van der Waals surface area contributed by atoms with Crippen LogP contribution in [0, 0.1) is 0 Å². The molecule has 0 aromatic rings. The van der Waals surface area contributed by atoms with Crippen LogP contribution in [0.4, 0.5) is 4.79 Å². The SMILES string of the molecule is COP(=O)(COC(=O)NC(C)(C)C)OC. The maximum Gasteiger partial charge on any atom is 0.408 e. The van der Waals surface area contributed by atoms with Gasteiger partial charge in [-0.05, 0) is 20.8 Å². The molecular weight excluding hydrogens is 221 g/mol. The summed E-state index contributed by atoms with van der Waals surface area (Å²) in [5.74, 6) is 0. The van der Waals surface area contributed by atoms with Crippen molar-refractivity contribution in [2.75, 3.05) is 20.6 Å². The standard InChI is InChI=1S/C8H18NO5P/c1-8(2,3)9-7(10)14-6-15(11,12-4)13-5/h6H2,1-5H3,(H,9,10). The highest BCUT2D eigenvalue weighted by Crippen LogP contribution is 2.45. The molecule has 6 nitrogen and oxygen atoms in total. The third kappa shape index (κ3) is 6.49. The van der Waals surface area contributed by atoms with Crippen LogP contribution in [0.1, 0.15) is 20.8 Å². The molecule has 0 aromatic carbocycles. The third-order valence-electron chi connectivity index (χ3n) is 1.39. The van der Waals surface area contributed by atoms with E-state index in [0.29, 0.717) is 0 Å². The van der Waals surface area contributed by atoms with Gasteiger partial charge in [0.1, 0.15) is 0 Å². The number of ether oxygens (including phenoxy) is 1. The first kappa shape index (κ1) is 14.4. The van der Waals surface area contributed by atoms with E-state index in [9.17, 15) is 9.36 Å². The lowest BCUT2D eigenvalue weighted by atomic mass is 10.1. The fourth-order valence-corrected chi connectivity index (χ4v) is 1.30. The van der Waals surface area contributed by atoms with E-state index in [1.165, 1.54) is 14.2 Å². The number of carbonyl (C=O) groups is 1. The summed E-state index contributed by atoms with van der Waals surface area (Å²) in [4.78, 5) is 11.2. The van der Waals surface area contributed by atoms with Crippen LogP contribution in [0.2, 0.25) is 0 Å². The molecule has 0 atom stereocenters. The molecule has 1 N–H and O–H groups in total. The largest absolute Gasteiger partial charge is 0.437 e. The van der Waals surface area contributed by atoms with E-state index in [1.54, 1.807) is 20.8 Å². The molecule has 0 unspecified atom stereocenters. The maximum absolute atomic E-state index is 11.5. The monoisotopic (exact) mass is 239 g/mol.